The number of nitrogens with one attached hydrogen (secondary N) is 1. The van der Waals surface area contributed by atoms with Crippen LogP contribution in [-0.2, 0) is 6.42 Å². The minimum Gasteiger partial charge on any atom is -0.361 e. The monoisotopic (exact) mass is 206 g/mol. The van der Waals surface area contributed by atoms with Crippen LogP contribution in [0.1, 0.15) is 48.6 Å². The Kier molecular flexibility index (Phi) is 2.09. The van der Waals surface area contributed by atoms with Gasteiger partial charge in [0.05, 0.1) is 5.69 Å². The minimum absolute atomic E-state index is 0.617. The van der Waals surface area contributed by atoms with Crippen molar-refractivity contribution >= 4 is 0 Å². The number of nitrogens with zero attached hydrogens (tertiary/aromatic N) is 1. The number of fused-ring (bicyclic) bond motifs is 1. The second-order valence-electron chi connectivity index (χ2n) is 5.02. The molecule has 0 aliphatic heterocycles. The molecule has 3 nitrogen and oxygen atoms in total. The Labute approximate surface area is 90.2 Å². The topological polar surface area (TPSA) is 38.1 Å². The summed E-state index contributed by atoms with van der Waals surface area (Å²) in [6, 6.07) is 0. The first-order valence-electron chi connectivity index (χ1n) is 5.94. The molecule has 3 heteroatoms. The Bertz CT molecular complexity index is 368. The van der Waals surface area contributed by atoms with Crippen molar-refractivity contribution in [1.29, 1.82) is 0 Å². The lowest BCUT2D eigenvalue weighted by Gasteiger charge is -2.15. The molecule has 1 saturated carbocycles. The predicted molar refractivity (Wildman–Crippen MR) is 58.0 cm³/mol. The zero-order valence-corrected chi connectivity index (χ0v) is 9.42. The molecule has 1 aromatic heterocycles. The zero-order valence-electron chi connectivity index (χ0n) is 9.42. The summed E-state index contributed by atoms with van der Waals surface area (Å²) >= 11 is 0. The Hall–Kier alpha value is -0.830. The summed E-state index contributed by atoms with van der Waals surface area (Å²) in [6.07, 6.45) is 3.68. The van der Waals surface area contributed by atoms with Gasteiger partial charge in [-0.05, 0) is 25.8 Å². The van der Waals surface area contributed by atoms with Gasteiger partial charge < -0.3 is 9.84 Å². The van der Waals surface area contributed by atoms with Gasteiger partial charge in [0.2, 0.25) is 0 Å². The van der Waals surface area contributed by atoms with Crippen molar-refractivity contribution in [2.24, 2.45) is 5.92 Å². The highest BCUT2D eigenvalue weighted by Gasteiger charge is 2.40. The maximum atomic E-state index is 5.48. The van der Waals surface area contributed by atoms with E-state index in [-0.39, 0.29) is 0 Å². The SMILES string of the molecule is CNCC1c2c(C3CC3)noc2CC1C. The van der Waals surface area contributed by atoms with Gasteiger partial charge in [0, 0.05) is 30.4 Å². The van der Waals surface area contributed by atoms with Gasteiger partial charge in [-0.3, -0.25) is 0 Å². The van der Waals surface area contributed by atoms with E-state index in [0.717, 1.165) is 18.7 Å². The fourth-order valence-electron chi connectivity index (χ4n) is 2.78. The molecule has 15 heavy (non-hydrogen) atoms. The predicted octanol–water partition coefficient (Wildman–Crippen LogP) is 2.05. The Balaban J connectivity index is 1.96. The second kappa shape index (κ2) is 3.34. The molecule has 2 aliphatic rings. The summed E-state index contributed by atoms with van der Waals surface area (Å²) in [7, 11) is 2.02. The molecule has 1 aromatic rings. The first-order valence-corrected chi connectivity index (χ1v) is 5.94. The number of hydrogen-bond donors (Lipinski definition) is 1. The lowest BCUT2D eigenvalue weighted by atomic mass is 9.92. The molecular formula is C12H18N2O. The Morgan fingerprint density at radius 3 is 2.93 bits per heavy atom. The van der Waals surface area contributed by atoms with Crippen molar-refractivity contribution in [2.75, 3.05) is 13.6 Å². The molecule has 3 rings (SSSR count). The van der Waals surface area contributed by atoms with Gasteiger partial charge in [-0.2, -0.15) is 0 Å². The van der Waals surface area contributed by atoms with E-state index in [0.29, 0.717) is 17.8 Å². The summed E-state index contributed by atoms with van der Waals surface area (Å²) in [6.45, 7) is 3.36. The molecule has 2 aliphatic carbocycles. The van der Waals surface area contributed by atoms with Gasteiger partial charge in [0.15, 0.2) is 0 Å². The lowest BCUT2D eigenvalue weighted by Crippen LogP contribution is -2.20. The standard InChI is InChI=1S/C12H18N2O/c1-7-5-10-11(9(7)6-13-2)12(14-15-10)8-3-4-8/h7-9,13H,3-6H2,1-2H3. The molecule has 2 unspecified atom stereocenters. The first-order chi connectivity index (χ1) is 7.31. The van der Waals surface area contributed by atoms with Crippen LogP contribution in [0.3, 0.4) is 0 Å². The van der Waals surface area contributed by atoms with Crippen LogP contribution in [0.4, 0.5) is 0 Å². The third kappa shape index (κ3) is 1.41. The molecule has 82 valence electrons. The second-order valence-corrected chi connectivity index (χ2v) is 5.02. The third-order valence-electron chi connectivity index (χ3n) is 3.78. The van der Waals surface area contributed by atoms with Gasteiger partial charge in [-0.1, -0.05) is 12.1 Å². The minimum atomic E-state index is 0.617. The van der Waals surface area contributed by atoms with Crippen molar-refractivity contribution in [1.82, 2.24) is 10.5 Å². The highest BCUT2D eigenvalue weighted by molar-refractivity contribution is 5.37. The molecule has 0 radical (unpaired) electrons. The van der Waals surface area contributed by atoms with Crippen LogP contribution in [0.15, 0.2) is 4.52 Å². The summed E-state index contributed by atoms with van der Waals surface area (Å²) in [4.78, 5) is 0. The van der Waals surface area contributed by atoms with Crippen molar-refractivity contribution in [2.45, 2.75) is 38.0 Å². The van der Waals surface area contributed by atoms with Crippen LogP contribution in [0.2, 0.25) is 0 Å². The van der Waals surface area contributed by atoms with Gasteiger partial charge in [-0.25, -0.2) is 0 Å². The van der Waals surface area contributed by atoms with E-state index < -0.39 is 0 Å². The van der Waals surface area contributed by atoms with Crippen LogP contribution in [0.5, 0.6) is 0 Å². The zero-order chi connectivity index (χ0) is 10.4. The molecule has 0 saturated heterocycles. The number of likely N-dealkylation sites (N-methyl/N-ethyl adjacent to an activating group) is 1. The third-order valence-corrected chi connectivity index (χ3v) is 3.78. The van der Waals surface area contributed by atoms with E-state index in [1.807, 2.05) is 7.05 Å². The Morgan fingerprint density at radius 2 is 2.27 bits per heavy atom. The maximum absolute atomic E-state index is 5.48. The van der Waals surface area contributed by atoms with Crippen molar-refractivity contribution < 1.29 is 4.52 Å². The first kappa shape index (κ1) is 9.40. The molecule has 0 amide bonds. The van der Waals surface area contributed by atoms with E-state index >= 15 is 0 Å². The quantitative estimate of drug-likeness (QED) is 0.822. The lowest BCUT2D eigenvalue weighted by molar-refractivity contribution is 0.361. The van der Waals surface area contributed by atoms with Gasteiger partial charge in [0.1, 0.15) is 5.76 Å². The molecule has 0 spiro atoms. The summed E-state index contributed by atoms with van der Waals surface area (Å²) in [5.41, 5.74) is 2.72. The Morgan fingerprint density at radius 1 is 1.47 bits per heavy atom. The van der Waals surface area contributed by atoms with Crippen LogP contribution in [-0.4, -0.2) is 18.7 Å². The normalized spacial score (nSPS) is 29.5. The average molecular weight is 206 g/mol. The average Bonchev–Trinajstić information content (AvgIpc) is 2.91. The highest BCUT2D eigenvalue weighted by Crippen LogP contribution is 2.48. The molecular weight excluding hydrogens is 188 g/mol. The van der Waals surface area contributed by atoms with E-state index in [1.54, 1.807) is 0 Å². The van der Waals surface area contributed by atoms with Crippen molar-refractivity contribution in [3.63, 3.8) is 0 Å². The molecule has 1 fully saturated rings. The smallest absolute Gasteiger partial charge is 0.140 e. The molecule has 1 N–H and O–H groups in total. The fourth-order valence-corrected chi connectivity index (χ4v) is 2.78. The summed E-state index contributed by atoms with van der Waals surface area (Å²) in [5.74, 6) is 3.19. The van der Waals surface area contributed by atoms with E-state index in [2.05, 4.69) is 17.4 Å². The van der Waals surface area contributed by atoms with Crippen LogP contribution in [0, 0.1) is 5.92 Å². The summed E-state index contributed by atoms with van der Waals surface area (Å²) in [5, 5.41) is 7.55. The number of aromatic nitrogens is 1. The van der Waals surface area contributed by atoms with Gasteiger partial charge in [0.25, 0.3) is 0 Å². The molecule has 2 atom stereocenters. The summed E-state index contributed by atoms with van der Waals surface area (Å²) < 4.78 is 5.48. The van der Waals surface area contributed by atoms with E-state index in [4.69, 9.17) is 4.52 Å². The van der Waals surface area contributed by atoms with Gasteiger partial charge in [-0.15, -0.1) is 0 Å². The molecule has 1 heterocycles. The van der Waals surface area contributed by atoms with Crippen molar-refractivity contribution in [3.05, 3.63) is 17.0 Å². The maximum Gasteiger partial charge on any atom is 0.140 e. The van der Waals surface area contributed by atoms with E-state index in [1.165, 1.54) is 24.1 Å². The van der Waals surface area contributed by atoms with Crippen molar-refractivity contribution in [3.8, 4) is 0 Å². The number of rotatable bonds is 3. The fraction of sp³-hybridized carbons (Fsp3) is 0.750. The van der Waals surface area contributed by atoms with Crippen LogP contribution >= 0.6 is 0 Å². The highest BCUT2D eigenvalue weighted by atomic mass is 16.5. The largest absolute Gasteiger partial charge is 0.361 e. The van der Waals surface area contributed by atoms with E-state index in [9.17, 15) is 0 Å². The molecule has 0 bridgehead atoms. The van der Waals surface area contributed by atoms with Gasteiger partial charge >= 0.3 is 0 Å². The van der Waals surface area contributed by atoms with Crippen LogP contribution in [0.25, 0.3) is 0 Å². The molecule has 0 aromatic carbocycles. The van der Waals surface area contributed by atoms with Crippen LogP contribution < -0.4 is 5.32 Å². The number of hydrogen-bond acceptors (Lipinski definition) is 3.